The molecule has 6 heteroatoms. The Morgan fingerprint density at radius 2 is 1.59 bits per heavy atom. The number of carbonyl (C=O) groups is 3. The number of benzene rings is 1. The van der Waals surface area contributed by atoms with Gasteiger partial charge < -0.3 is 15.0 Å². The number of aryl methyl sites for hydroxylation is 1. The van der Waals surface area contributed by atoms with Crippen molar-refractivity contribution < 1.29 is 19.1 Å². The second kappa shape index (κ2) is 17.1. The Morgan fingerprint density at radius 3 is 2.26 bits per heavy atom. The average Bonchev–Trinajstić information content (AvgIpc) is 2.84. The van der Waals surface area contributed by atoms with E-state index in [-0.39, 0.29) is 18.2 Å². The predicted molar refractivity (Wildman–Crippen MR) is 135 cm³/mol. The van der Waals surface area contributed by atoms with Gasteiger partial charge in [0, 0.05) is 19.5 Å². The summed E-state index contributed by atoms with van der Waals surface area (Å²) in [5.74, 6) is -0.739. The molecule has 2 amide bonds. The quantitative estimate of drug-likeness (QED) is 0.250. The molecular formula is C28H44N2O4. The van der Waals surface area contributed by atoms with Gasteiger partial charge in [0.25, 0.3) is 0 Å². The number of amides is 2. The third-order valence-electron chi connectivity index (χ3n) is 6.47. The van der Waals surface area contributed by atoms with Crippen LogP contribution in [-0.4, -0.2) is 48.4 Å². The van der Waals surface area contributed by atoms with Gasteiger partial charge in [0.15, 0.2) is 0 Å². The fourth-order valence-electron chi connectivity index (χ4n) is 4.44. The van der Waals surface area contributed by atoms with E-state index in [1.807, 2.05) is 30.3 Å². The molecule has 1 unspecified atom stereocenters. The molecule has 0 radical (unpaired) electrons. The number of hydrogen-bond donors (Lipinski definition) is 1. The molecule has 1 heterocycles. The van der Waals surface area contributed by atoms with Crippen LogP contribution in [0.2, 0.25) is 0 Å². The van der Waals surface area contributed by atoms with Gasteiger partial charge in [0.1, 0.15) is 6.04 Å². The van der Waals surface area contributed by atoms with Crippen LogP contribution in [0.5, 0.6) is 0 Å². The molecule has 6 nitrogen and oxygen atoms in total. The van der Waals surface area contributed by atoms with E-state index in [0.29, 0.717) is 26.1 Å². The Bertz CT molecular complexity index is 722. The average molecular weight is 473 g/mol. The zero-order valence-electron chi connectivity index (χ0n) is 21.1. The van der Waals surface area contributed by atoms with Gasteiger partial charge in [0.2, 0.25) is 11.8 Å². The molecule has 34 heavy (non-hydrogen) atoms. The van der Waals surface area contributed by atoms with E-state index >= 15 is 0 Å². The Hall–Kier alpha value is -2.37. The summed E-state index contributed by atoms with van der Waals surface area (Å²) in [7, 11) is 0. The second-order valence-corrected chi connectivity index (χ2v) is 9.34. The van der Waals surface area contributed by atoms with Gasteiger partial charge in [0.05, 0.1) is 13.0 Å². The van der Waals surface area contributed by atoms with E-state index < -0.39 is 12.0 Å². The monoisotopic (exact) mass is 472 g/mol. The summed E-state index contributed by atoms with van der Waals surface area (Å²) in [6.07, 6.45) is 14.1. The minimum atomic E-state index is -0.766. The lowest BCUT2D eigenvalue weighted by Gasteiger charge is -2.34. The molecule has 1 aromatic carbocycles. The zero-order chi connectivity index (χ0) is 24.4. The molecule has 0 bridgehead atoms. The summed E-state index contributed by atoms with van der Waals surface area (Å²) in [6, 6.07) is 9.28. The van der Waals surface area contributed by atoms with Gasteiger partial charge in [-0.15, -0.1) is 0 Å². The molecule has 1 fully saturated rings. The van der Waals surface area contributed by atoms with Crippen molar-refractivity contribution in [1.29, 1.82) is 0 Å². The van der Waals surface area contributed by atoms with Crippen LogP contribution in [0, 0.1) is 0 Å². The Kier molecular flexibility index (Phi) is 14.0. The molecule has 0 aromatic heterocycles. The maximum absolute atomic E-state index is 12.8. The largest absolute Gasteiger partial charge is 0.466 e. The SMILES string of the molecule is CCCCCCCCCCCCOC(=O)CC1C(=O)NCCN1C(=O)CCCc1ccccc1. The summed E-state index contributed by atoms with van der Waals surface area (Å²) in [4.78, 5) is 39.1. The Morgan fingerprint density at radius 1 is 0.941 bits per heavy atom. The number of nitrogens with one attached hydrogen (secondary N) is 1. The van der Waals surface area contributed by atoms with Gasteiger partial charge in [-0.25, -0.2) is 0 Å². The van der Waals surface area contributed by atoms with Crippen molar-refractivity contribution in [2.45, 2.75) is 103 Å². The number of unbranched alkanes of at least 4 members (excludes halogenated alkanes) is 9. The number of esters is 1. The summed E-state index contributed by atoms with van der Waals surface area (Å²) in [6.45, 7) is 3.48. The van der Waals surface area contributed by atoms with Crippen LogP contribution in [0.1, 0.15) is 96.0 Å². The summed E-state index contributed by atoms with van der Waals surface area (Å²) in [5, 5.41) is 2.78. The van der Waals surface area contributed by atoms with E-state index in [1.165, 1.54) is 56.9 Å². The van der Waals surface area contributed by atoms with Crippen LogP contribution in [0.4, 0.5) is 0 Å². The maximum Gasteiger partial charge on any atom is 0.308 e. The predicted octanol–water partition coefficient (Wildman–Crippen LogP) is 5.19. The van der Waals surface area contributed by atoms with Crippen LogP contribution in [0.25, 0.3) is 0 Å². The van der Waals surface area contributed by atoms with E-state index in [9.17, 15) is 14.4 Å². The van der Waals surface area contributed by atoms with Crippen LogP contribution in [0.15, 0.2) is 30.3 Å². The van der Waals surface area contributed by atoms with Gasteiger partial charge in [-0.2, -0.15) is 0 Å². The van der Waals surface area contributed by atoms with Crippen LogP contribution < -0.4 is 5.32 Å². The van der Waals surface area contributed by atoms with Crippen molar-refractivity contribution in [2.24, 2.45) is 0 Å². The minimum absolute atomic E-state index is 0.0710. The van der Waals surface area contributed by atoms with E-state index in [4.69, 9.17) is 4.74 Å². The second-order valence-electron chi connectivity index (χ2n) is 9.34. The lowest BCUT2D eigenvalue weighted by atomic mass is 10.1. The molecule has 190 valence electrons. The van der Waals surface area contributed by atoms with Gasteiger partial charge >= 0.3 is 5.97 Å². The van der Waals surface area contributed by atoms with E-state index in [1.54, 1.807) is 4.90 Å². The highest BCUT2D eigenvalue weighted by molar-refractivity contribution is 5.91. The maximum atomic E-state index is 12.8. The number of carbonyl (C=O) groups excluding carboxylic acids is 3. The van der Waals surface area contributed by atoms with Gasteiger partial charge in [-0.05, 0) is 24.8 Å². The molecule has 0 aliphatic carbocycles. The zero-order valence-corrected chi connectivity index (χ0v) is 21.1. The summed E-state index contributed by atoms with van der Waals surface area (Å²) in [5.41, 5.74) is 1.19. The fraction of sp³-hybridized carbons (Fsp3) is 0.679. The van der Waals surface area contributed by atoms with E-state index in [0.717, 1.165) is 25.7 Å². The first-order valence-corrected chi connectivity index (χ1v) is 13.4. The lowest BCUT2D eigenvalue weighted by Crippen LogP contribution is -2.57. The van der Waals surface area contributed by atoms with Crippen molar-refractivity contribution in [2.75, 3.05) is 19.7 Å². The third kappa shape index (κ3) is 11.2. The Labute approximate surface area is 205 Å². The normalized spacial score (nSPS) is 15.7. The van der Waals surface area contributed by atoms with Crippen LogP contribution in [-0.2, 0) is 25.5 Å². The molecule has 1 aliphatic heterocycles. The smallest absolute Gasteiger partial charge is 0.308 e. The highest BCUT2D eigenvalue weighted by atomic mass is 16.5. The molecule has 2 rings (SSSR count). The Balaban J connectivity index is 1.61. The number of ether oxygens (including phenoxy) is 1. The molecule has 1 N–H and O–H groups in total. The van der Waals surface area contributed by atoms with Crippen molar-refractivity contribution in [1.82, 2.24) is 10.2 Å². The molecule has 1 aliphatic rings. The molecule has 0 saturated carbocycles. The topological polar surface area (TPSA) is 75.7 Å². The summed E-state index contributed by atoms with van der Waals surface area (Å²) < 4.78 is 5.38. The first-order valence-electron chi connectivity index (χ1n) is 13.4. The van der Waals surface area contributed by atoms with Crippen LogP contribution in [0.3, 0.4) is 0 Å². The standard InChI is InChI=1S/C28H44N2O4/c1-2-3-4-5-6-7-8-9-10-14-22-34-27(32)23-25-28(33)29-20-21-30(25)26(31)19-15-18-24-16-12-11-13-17-24/h11-13,16-17,25H,2-10,14-15,18-23H2,1H3,(H,29,33). The van der Waals surface area contributed by atoms with Crippen molar-refractivity contribution in [3.8, 4) is 0 Å². The van der Waals surface area contributed by atoms with Crippen molar-refractivity contribution >= 4 is 17.8 Å². The number of hydrogen-bond acceptors (Lipinski definition) is 4. The lowest BCUT2D eigenvalue weighted by molar-refractivity contribution is -0.152. The first-order chi connectivity index (χ1) is 16.6. The number of piperazine rings is 1. The number of rotatable bonds is 17. The molecule has 1 saturated heterocycles. The highest BCUT2D eigenvalue weighted by Crippen LogP contribution is 2.15. The van der Waals surface area contributed by atoms with E-state index in [2.05, 4.69) is 12.2 Å². The molecule has 0 spiro atoms. The minimum Gasteiger partial charge on any atom is -0.466 e. The molecule has 1 aromatic rings. The number of nitrogens with zero attached hydrogens (tertiary/aromatic N) is 1. The van der Waals surface area contributed by atoms with Gasteiger partial charge in [-0.1, -0.05) is 95.0 Å². The first kappa shape index (κ1) is 27.9. The third-order valence-corrected chi connectivity index (χ3v) is 6.47. The van der Waals surface area contributed by atoms with Crippen molar-refractivity contribution in [3.05, 3.63) is 35.9 Å². The summed E-state index contributed by atoms with van der Waals surface area (Å²) >= 11 is 0. The van der Waals surface area contributed by atoms with Gasteiger partial charge in [-0.3, -0.25) is 14.4 Å². The fourth-order valence-corrected chi connectivity index (χ4v) is 4.44. The van der Waals surface area contributed by atoms with Crippen molar-refractivity contribution in [3.63, 3.8) is 0 Å². The highest BCUT2D eigenvalue weighted by Gasteiger charge is 2.34. The van der Waals surface area contributed by atoms with Crippen LogP contribution >= 0.6 is 0 Å². The molecule has 1 atom stereocenters. The molecular weight excluding hydrogens is 428 g/mol.